The van der Waals surface area contributed by atoms with Crippen molar-refractivity contribution in [2.75, 3.05) is 18.0 Å². The van der Waals surface area contributed by atoms with Gasteiger partial charge in [-0.2, -0.15) is 0 Å². The Kier molecular flexibility index (Phi) is 4.26. The Morgan fingerprint density at radius 1 is 1.38 bits per heavy atom. The Hall–Kier alpha value is -2.37. The van der Waals surface area contributed by atoms with Gasteiger partial charge in [-0.1, -0.05) is 0 Å². The van der Waals surface area contributed by atoms with Gasteiger partial charge < -0.3 is 10.1 Å². The minimum Gasteiger partial charge on any atom is -0.442 e. The van der Waals surface area contributed by atoms with Gasteiger partial charge in [-0.3, -0.25) is 14.5 Å². The van der Waals surface area contributed by atoms with Crippen LogP contribution in [0.1, 0.15) is 29.8 Å². The Labute approximate surface area is 123 Å². The summed E-state index contributed by atoms with van der Waals surface area (Å²) in [6.45, 7) is 5.42. The molecule has 0 bridgehead atoms. The van der Waals surface area contributed by atoms with Crippen molar-refractivity contribution in [2.45, 2.75) is 26.9 Å². The molecular weight excluding hydrogens is 272 g/mol. The fraction of sp³-hybridized carbons (Fsp3) is 0.400. The highest BCUT2D eigenvalue weighted by molar-refractivity contribution is 5.97. The van der Waals surface area contributed by atoms with E-state index < -0.39 is 6.09 Å². The normalized spacial score (nSPS) is 17.6. The standard InChI is InChI=1S/C15H18N2O4/c1-9-6-12(4-5-14(9)10(2)18)17-8-13(21-15(17)20)7-16-11(3)19/h4-6,13H,7-8H2,1-3H3,(H,16,19)/t13-/m0/s1. The minimum absolute atomic E-state index is 0.00779. The Morgan fingerprint density at radius 2 is 2.10 bits per heavy atom. The van der Waals surface area contributed by atoms with E-state index in [1.807, 2.05) is 6.92 Å². The number of nitrogens with zero attached hydrogens (tertiary/aromatic N) is 1. The van der Waals surface area contributed by atoms with Gasteiger partial charge in [-0.15, -0.1) is 0 Å². The highest BCUT2D eigenvalue weighted by Crippen LogP contribution is 2.24. The fourth-order valence-corrected chi connectivity index (χ4v) is 2.31. The number of carbonyl (C=O) groups excluding carboxylic acids is 3. The van der Waals surface area contributed by atoms with Crippen LogP contribution in [0.2, 0.25) is 0 Å². The topological polar surface area (TPSA) is 75.7 Å². The molecule has 1 atom stereocenters. The van der Waals surface area contributed by atoms with Gasteiger partial charge in [0.05, 0.1) is 13.1 Å². The van der Waals surface area contributed by atoms with Crippen LogP contribution in [0, 0.1) is 6.92 Å². The van der Waals surface area contributed by atoms with Gasteiger partial charge in [0.25, 0.3) is 0 Å². The number of benzene rings is 1. The molecule has 6 nitrogen and oxygen atoms in total. The van der Waals surface area contributed by atoms with Crippen LogP contribution in [0.15, 0.2) is 18.2 Å². The van der Waals surface area contributed by atoms with Crippen LogP contribution >= 0.6 is 0 Å². The fourth-order valence-electron chi connectivity index (χ4n) is 2.31. The van der Waals surface area contributed by atoms with Crippen molar-refractivity contribution in [3.63, 3.8) is 0 Å². The summed E-state index contributed by atoms with van der Waals surface area (Å²) in [5.74, 6) is -0.169. The maximum atomic E-state index is 11.9. The van der Waals surface area contributed by atoms with E-state index in [4.69, 9.17) is 4.74 Å². The molecule has 1 aliphatic rings. The first-order valence-electron chi connectivity index (χ1n) is 6.72. The third-order valence-electron chi connectivity index (χ3n) is 3.35. The minimum atomic E-state index is -0.444. The van der Waals surface area contributed by atoms with Gasteiger partial charge in [0.15, 0.2) is 5.78 Å². The third kappa shape index (κ3) is 3.39. The van der Waals surface area contributed by atoms with Crippen molar-refractivity contribution in [2.24, 2.45) is 0 Å². The lowest BCUT2D eigenvalue weighted by Crippen LogP contribution is -2.33. The summed E-state index contributed by atoms with van der Waals surface area (Å²) in [6, 6.07) is 5.23. The van der Waals surface area contributed by atoms with Crippen LogP contribution in [0.3, 0.4) is 0 Å². The van der Waals surface area contributed by atoms with Gasteiger partial charge in [0.2, 0.25) is 5.91 Å². The summed E-state index contributed by atoms with van der Waals surface area (Å²) < 4.78 is 5.20. The van der Waals surface area contributed by atoms with Crippen LogP contribution in [-0.4, -0.2) is 37.0 Å². The zero-order chi connectivity index (χ0) is 15.6. The zero-order valence-electron chi connectivity index (χ0n) is 12.3. The van der Waals surface area contributed by atoms with E-state index in [2.05, 4.69) is 5.32 Å². The first-order valence-corrected chi connectivity index (χ1v) is 6.72. The molecule has 2 amide bonds. The predicted octanol–water partition coefficient (Wildman–Crippen LogP) is 1.66. The molecule has 0 radical (unpaired) electrons. The Balaban J connectivity index is 2.12. The summed E-state index contributed by atoms with van der Waals surface area (Å²) in [5, 5.41) is 2.63. The molecule has 1 aromatic rings. The number of Topliss-reactive ketones (excluding diaryl/α,β-unsaturated/α-hetero) is 1. The van der Waals surface area contributed by atoms with Crippen molar-refractivity contribution in [1.29, 1.82) is 0 Å². The van der Waals surface area contributed by atoms with Gasteiger partial charge in [0.1, 0.15) is 6.10 Å². The van der Waals surface area contributed by atoms with E-state index in [-0.39, 0.29) is 17.8 Å². The number of amides is 2. The van der Waals surface area contributed by atoms with E-state index in [0.717, 1.165) is 5.56 Å². The van der Waals surface area contributed by atoms with Gasteiger partial charge >= 0.3 is 6.09 Å². The SMILES string of the molecule is CC(=O)NC[C@H]1CN(c2ccc(C(C)=O)c(C)c2)C(=O)O1. The second kappa shape index (κ2) is 5.95. The lowest BCUT2D eigenvalue weighted by atomic mass is 10.0. The van der Waals surface area contributed by atoms with Crippen molar-refractivity contribution >= 4 is 23.5 Å². The zero-order valence-corrected chi connectivity index (χ0v) is 12.3. The molecule has 1 N–H and O–H groups in total. The van der Waals surface area contributed by atoms with E-state index >= 15 is 0 Å². The summed E-state index contributed by atoms with van der Waals surface area (Å²) in [6.07, 6.45) is -0.811. The quantitative estimate of drug-likeness (QED) is 0.856. The molecule has 112 valence electrons. The predicted molar refractivity (Wildman–Crippen MR) is 77.5 cm³/mol. The molecule has 0 aromatic heterocycles. The number of cyclic esters (lactones) is 1. The van der Waals surface area contributed by atoms with Crippen LogP contribution in [0.5, 0.6) is 0 Å². The van der Waals surface area contributed by atoms with Crippen LogP contribution in [0.4, 0.5) is 10.5 Å². The number of hydrogen-bond acceptors (Lipinski definition) is 4. The van der Waals surface area contributed by atoms with Crippen LogP contribution in [0.25, 0.3) is 0 Å². The monoisotopic (exact) mass is 290 g/mol. The van der Waals surface area contributed by atoms with Crippen LogP contribution in [-0.2, 0) is 9.53 Å². The summed E-state index contributed by atoms with van der Waals surface area (Å²) in [5.41, 5.74) is 2.15. The first kappa shape index (κ1) is 15.0. The number of rotatable bonds is 4. The summed E-state index contributed by atoms with van der Waals surface area (Å²) in [4.78, 5) is 35.7. The lowest BCUT2D eigenvalue weighted by Gasteiger charge is -2.15. The lowest BCUT2D eigenvalue weighted by molar-refractivity contribution is -0.119. The molecule has 0 spiro atoms. The summed E-state index contributed by atoms with van der Waals surface area (Å²) >= 11 is 0. The Bertz CT molecular complexity index is 597. The van der Waals surface area contributed by atoms with Crippen molar-refractivity contribution in [3.05, 3.63) is 29.3 Å². The second-order valence-corrected chi connectivity index (χ2v) is 5.11. The molecule has 0 aliphatic carbocycles. The highest BCUT2D eigenvalue weighted by atomic mass is 16.6. The smallest absolute Gasteiger partial charge is 0.414 e. The molecular formula is C15H18N2O4. The molecule has 6 heteroatoms. The number of ketones is 1. The number of hydrogen-bond donors (Lipinski definition) is 1. The number of aryl methyl sites for hydroxylation is 1. The van der Waals surface area contributed by atoms with Gasteiger partial charge in [-0.05, 0) is 37.6 Å². The molecule has 1 heterocycles. The third-order valence-corrected chi connectivity index (χ3v) is 3.35. The first-order chi connectivity index (χ1) is 9.88. The maximum absolute atomic E-state index is 11.9. The molecule has 1 aliphatic heterocycles. The van der Waals surface area contributed by atoms with E-state index in [0.29, 0.717) is 24.3 Å². The van der Waals surface area contributed by atoms with Gasteiger partial charge in [0, 0.05) is 18.2 Å². The van der Waals surface area contributed by atoms with Crippen molar-refractivity contribution < 1.29 is 19.1 Å². The average Bonchev–Trinajstić information content (AvgIpc) is 2.77. The average molecular weight is 290 g/mol. The van der Waals surface area contributed by atoms with Crippen molar-refractivity contribution in [1.82, 2.24) is 5.32 Å². The van der Waals surface area contributed by atoms with Crippen molar-refractivity contribution in [3.8, 4) is 0 Å². The second-order valence-electron chi connectivity index (χ2n) is 5.11. The summed E-state index contributed by atoms with van der Waals surface area (Å²) in [7, 11) is 0. The largest absolute Gasteiger partial charge is 0.442 e. The highest BCUT2D eigenvalue weighted by Gasteiger charge is 2.32. The number of ether oxygens (including phenoxy) is 1. The maximum Gasteiger partial charge on any atom is 0.414 e. The van der Waals surface area contributed by atoms with Crippen LogP contribution < -0.4 is 10.2 Å². The van der Waals surface area contributed by atoms with E-state index in [9.17, 15) is 14.4 Å². The molecule has 1 fully saturated rings. The molecule has 21 heavy (non-hydrogen) atoms. The van der Waals surface area contributed by atoms with Gasteiger partial charge in [-0.25, -0.2) is 4.79 Å². The van der Waals surface area contributed by atoms with E-state index in [1.165, 1.54) is 18.7 Å². The number of anilines is 1. The molecule has 0 unspecified atom stereocenters. The molecule has 2 rings (SSSR count). The molecule has 1 saturated heterocycles. The number of carbonyl (C=O) groups is 3. The molecule has 0 saturated carbocycles. The van der Waals surface area contributed by atoms with E-state index in [1.54, 1.807) is 18.2 Å². The number of nitrogens with one attached hydrogen (secondary N) is 1. The Morgan fingerprint density at radius 3 is 2.67 bits per heavy atom. The molecule has 1 aromatic carbocycles.